The van der Waals surface area contributed by atoms with Gasteiger partial charge >= 0.3 is 6.36 Å². The predicted octanol–water partition coefficient (Wildman–Crippen LogP) is 4.01. The Bertz CT molecular complexity index is 854. The second-order valence-electron chi connectivity index (χ2n) is 8.14. The van der Waals surface area contributed by atoms with Crippen LogP contribution >= 0.6 is 0 Å². The summed E-state index contributed by atoms with van der Waals surface area (Å²) in [7, 11) is 0. The number of benzene rings is 1. The van der Waals surface area contributed by atoms with Gasteiger partial charge in [0.1, 0.15) is 11.4 Å². The van der Waals surface area contributed by atoms with Crippen molar-refractivity contribution < 1.29 is 27.8 Å². The maximum Gasteiger partial charge on any atom is 0.573 e. The average Bonchev–Trinajstić information content (AvgIpc) is 2.71. The molecule has 1 aromatic carbocycles. The number of rotatable bonds is 4. The maximum absolute atomic E-state index is 12.7. The summed E-state index contributed by atoms with van der Waals surface area (Å²) in [4.78, 5) is 6.44. The molecule has 4 rings (SSSR count). The topological polar surface area (TPSA) is 54.8 Å². The number of halogens is 3. The fourth-order valence-corrected chi connectivity index (χ4v) is 4.50. The van der Waals surface area contributed by atoms with Crippen molar-refractivity contribution in [3.8, 4) is 5.75 Å². The van der Waals surface area contributed by atoms with Crippen LogP contribution in [-0.2, 0) is 16.9 Å². The zero-order valence-corrected chi connectivity index (χ0v) is 16.6. The minimum absolute atomic E-state index is 0.163. The largest absolute Gasteiger partial charge is 0.573 e. The highest BCUT2D eigenvalue weighted by atomic mass is 19.4. The smallest absolute Gasteiger partial charge is 0.405 e. The van der Waals surface area contributed by atoms with Gasteiger partial charge in [0.25, 0.3) is 0 Å². The molecule has 0 radical (unpaired) electrons. The minimum atomic E-state index is -4.71. The number of alkyl halides is 3. The monoisotopic (exact) mass is 422 g/mol. The van der Waals surface area contributed by atoms with Gasteiger partial charge in [-0.25, -0.2) is 0 Å². The molecule has 2 aliphatic rings. The van der Waals surface area contributed by atoms with E-state index in [4.69, 9.17) is 4.74 Å². The summed E-state index contributed by atoms with van der Waals surface area (Å²) in [5.74, 6) is -0.163. The average molecular weight is 422 g/mol. The highest BCUT2D eigenvalue weighted by Crippen LogP contribution is 2.44. The number of likely N-dealkylation sites (tertiary alicyclic amines) is 1. The quantitative estimate of drug-likeness (QED) is 0.807. The van der Waals surface area contributed by atoms with Crippen molar-refractivity contribution in [2.24, 2.45) is 0 Å². The van der Waals surface area contributed by atoms with Crippen LogP contribution in [0.2, 0.25) is 0 Å². The van der Waals surface area contributed by atoms with Gasteiger partial charge in [-0.1, -0.05) is 24.3 Å². The van der Waals surface area contributed by atoms with Gasteiger partial charge in [-0.15, -0.1) is 13.2 Å². The predicted molar refractivity (Wildman–Crippen MR) is 104 cm³/mol. The third-order valence-corrected chi connectivity index (χ3v) is 6.04. The van der Waals surface area contributed by atoms with Crippen molar-refractivity contribution in [1.82, 2.24) is 9.88 Å². The SMILES string of the molecule is OC1(c2ccccn2)CCOC2(CCN(Cc3ccccc3OC(F)(F)F)CC2)C1. The van der Waals surface area contributed by atoms with E-state index >= 15 is 0 Å². The first kappa shape index (κ1) is 21.1. The summed E-state index contributed by atoms with van der Waals surface area (Å²) in [6.07, 6.45) is -0.669. The lowest BCUT2D eigenvalue weighted by Crippen LogP contribution is -2.53. The molecule has 1 unspecified atom stereocenters. The van der Waals surface area contributed by atoms with Crippen LogP contribution in [0.3, 0.4) is 0 Å². The second kappa shape index (κ2) is 8.17. The third-order valence-electron chi connectivity index (χ3n) is 6.04. The molecule has 1 spiro atoms. The molecule has 2 saturated heterocycles. The summed E-state index contributed by atoms with van der Waals surface area (Å²) in [5.41, 5.74) is -0.300. The zero-order chi connectivity index (χ0) is 21.2. The van der Waals surface area contributed by atoms with E-state index in [1.165, 1.54) is 12.1 Å². The highest BCUT2D eigenvalue weighted by molar-refractivity contribution is 5.33. The lowest BCUT2D eigenvalue weighted by molar-refractivity contribution is -0.275. The molecule has 0 amide bonds. The van der Waals surface area contributed by atoms with E-state index in [0.717, 1.165) is 0 Å². The molecule has 1 aromatic heterocycles. The number of para-hydroxylation sites is 1. The number of hydrogen-bond donors (Lipinski definition) is 1. The molecule has 3 heterocycles. The van der Waals surface area contributed by atoms with Gasteiger partial charge in [-0.3, -0.25) is 9.88 Å². The molecule has 30 heavy (non-hydrogen) atoms. The van der Waals surface area contributed by atoms with Gasteiger partial charge in [0, 0.05) is 44.2 Å². The van der Waals surface area contributed by atoms with E-state index in [1.807, 2.05) is 18.2 Å². The normalized spacial score (nSPS) is 24.7. The summed E-state index contributed by atoms with van der Waals surface area (Å²) in [6, 6.07) is 11.8. The van der Waals surface area contributed by atoms with Gasteiger partial charge in [0.15, 0.2) is 0 Å². The van der Waals surface area contributed by atoms with Crippen molar-refractivity contribution >= 4 is 0 Å². The Morgan fingerprint density at radius 1 is 1.07 bits per heavy atom. The molecule has 1 N–H and O–H groups in total. The molecule has 8 heteroatoms. The van der Waals surface area contributed by atoms with E-state index < -0.39 is 17.6 Å². The molecule has 0 saturated carbocycles. The van der Waals surface area contributed by atoms with Crippen LogP contribution in [0.5, 0.6) is 5.75 Å². The van der Waals surface area contributed by atoms with Gasteiger partial charge in [-0.2, -0.15) is 0 Å². The van der Waals surface area contributed by atoms with Crippen LogP contribution in [-0.4, -0.2) is 46.7 Å². The fraction of sp³-hybridized carbons (Fsp3) is 0.500. The molecule has 0 aliphatic carbocycles. The second-order valence-corrected chi connectivity index (χ2v) is 8.14. The van der Waals surface area contributed by atoms with Crippen LogP contribution < -0.4 is 4.74 Å². The van der Waals surface area contributed by atoms with Crippen LogP contribution in [0, 0.1) is 0 Å². The standard InChI is InChI=1S/C22H25F3N2O3/c23-22(24,25)30-18-6-2-1-5-17(18)15-27-12-8-20(9-13-27)16-21(28,10-14-29-20)19-7-3-4-11-26-19/h1-7,11,28H,8-10,12-16H2. The first-order valence-corrected chi connectivity index (χ1v) is 10.1. The van der Waals surface area contributed by atoms with Crippen LogP contribution in [0.1, 0.15) is 36.9 Å². The van der Waals surface area contributed by atoms with Crippen molar-refractivity contribution in [2.75, 3.05) is 19.7 Å². The number of aromatic nitrogens is 1. The van der Waals surface area contributed by atoms with E-state index in [9.17, 15) is 18.3 Å². The maximum atomic E-state index is 12.7. The zero-order valence-electron chi connectivity index (χ0n) is 16.6. The van der Waals surface area contributed by atoms with E-state index in [0.29, 0.717) is 63.2 Å². The van der Waals surface area contributed by atoms with E-state index in [2.05, 4.69) is 14.6 Å². The molecule has 1 atom stereocenters. The van der Waals surface area contributed by atoms with Crippen molar-refractivity contribution in [3.05, 3.63) is 59.9 Å². The Morgan fingerprint density at radius 3 is 2.50 bits per heavy atom. The van der Waals surface area contributed by atoms with Gasteiger partial charge in [0.05, 0.1) is 17.9 Å². The summed E-state index contributed by atoms with van der Waals surface area (Å²) in [6.45, 7) is 2.15. The van der Waals surface area contributed by atoms with Crippen LogP contribution in [0.15, 0.2) is 48.7 Å². The Hall–Kier alpha value is -2.16. The molecule has 2 aliphatic heterocycles. The Balaban J connectivity index is 1.41. The number of piperidine rings is 1. The molecule has 2 fully saturated rings. The molecule has 2 aromatic rings. The highest BCUT2D eigenvalue weighted by Gasteiger charge is 2.47. The molecule has 5 nitrogen and oxygen atoms in total. The van der Waals surface area contributed by atoms with Crippen molar-refractivity contribution in [3.63, 3.8) is 0 Å². The molecular formula is C22H25F3N2O3. The number of aliphatic hydroxyl groups is 1. The third kappa shape index (κ3) is 4.77. The van der Waals surface area contributed by atoms with Gasteiger partial charge in [-0.05, 0) is 31.0 Å². The van der Waals surface area contributed by atoms with Gasteiger partial charge in [0.2, 0.25) is 0 Å². The fourth-order valence-electron chi connectivity index (χ4n) is 4.50. The lowest BCUT2D eigenvalue weighted by Gasteiger charge is -2.49. The molecule has 0 bridgehead atoms. The van der Waals surface area contributed by atoms with Crippen LogP contribution in [0.25, 0.3) is 0 Å². The Kier molecular flexibility index (Phi) is 5.74. The number of ether oxygens (including phenoxy) is 2. The Labute approximate surface area is 173 Å². The number of pyridine rings is 1. The lowest BCUT2D eigenvalue weighted by atomic mass is 9.75. The van der Waals surface area contributed by atoms with Crippen LogP contribution in [0.4, 0.5) is 13.2 Å². The summed E-state index contributed by atoms with van der Waals surface area (Å²) >= 11 is 0. The first-order valence-electron chi connectivity index (χ1n) is 10.1. The molecule has 162 valence electrons. The van der Waals surface area contributed by atoms with E-state index in [1.54, 1.807) is 18.3 Å². The number of hydrogen-bond acceptors (Lipinski definition) is 5. The summed E-state index contributed by atoms with van der Waals surface area (Å²) in [5, 5.41) is 11.2. The minimum Gasteiger partial charge on any atom is -0.405 e. The van der Waals surface area contributed by atoms with Gasteiger partial charge < -0.3 is 14.6 Å². The first-order chi connectivity index (χ1) is 14.3. The summed E-state index contributed by atoms with van der Waals surface area (Å²) < 4.78 is 48.3. The Morgan fingerprint density at radius 2 is 1.80 bits per heavy atom. The molecular weight excluding hydrogens is 397 g/mol. The van der Waals surface area contributed by atoms with Crippen molar-refractivity contribution in [2.45, 2.75) is 49.8 Å². The number of nitrogens with zero attached hydrogens (tertiary/aromatic N) is 2. The van der Waals surface area contributed by atoms with Crippen molar-refractivity contribution in [1.29, 1.82) is 0 Å². The van der Waals surface area contributed by atoms with E-state index in [-0.39, 0.29) is 5.75 Å².